The third kappa shape index (κ3) is 2.19. The number of aromatic nitrogens is 1. The van der Waals surface area contributed by atoms with Crippen molar-refractivity contribution in [3.63, 3.8) is 0 Å². The van der Waals surface area contributed by atoms with Crippen LogP contribution in [0.1, 0.15) is 29.7 Å². The molecule has 4 nitrogen and oxygen atoms in total. The van der Waals surface area contributed by atoms with Gasteiger partial charge < -0.3 is 10.6 Å². The lowest BCUT2D eigenvalue weighted by atomic mass is 9.99. The van der Waals surface area contributed by atoms with Gasteiger partial charge in [0, 0.05) is 19.1 Å². The Balaban J connectivity index is 1.85. The Morgan fingerprint density at radius 3 is 2.68 bits per heavy atom. The number of aryl methyl sites for hydroxylation is 2. The van der Waals surface area contributed by atoms with Gasteiger partial charge in [0.05, 0.1) is 11.3 Å². The highest BCUT2D eigenvalue weighted by Crippen LogP contribution is 2.41. The van der Waals surface area contributed by atoms with Gasteiger partial charge in [0.25, 0.3) is 0 Å². The summed E-state index contributed by atoms with van der Waals surface area (Å²) in [6.07, 6.45) is 2.68. The molecule has 100 valence electrons. The van der Waals surface area contributed by atoms with Crippen LogP contribution in [0.4, 0.5) is 5.82 Å². The van der Waals surface area contributed by atoms with Crippen LogP contribution in [-0.4, -0.2) is 24.1 Å². The predicted octanol–water partition coefficient (Wildman–Crippen LogP) is 1.74. The lowest BCUT2D eigenvalue weighted by molar-refractivity contribution is 0.456. The molecule has 0 bridgehead atoms. The lowest BCUT2D eigenvalue weighted by Gasteiger charge is -2.19. The molecule has 1 saturated carbocycles. The van der Waals surface area contributed by atoms with E-state index in [9.17, 15) is 0 Å². The highest BCUT2D eigenvalue weighted by Gasteiger charge is 2.41. The van der Waals surface area contributed by atoms with Gasteiger partial charge in [-0.05, 0) is 50.2 Å². The number of hydrogen-bond acceptors (Lipinski definition) is 4. The van der Waals surface area contributed by atoms with Crippen LogP contribution in [0.15, 0.2) is 6.07 Å². The van der Waals surface area contributed by atoms with E-state index < -0.39 is 0 Å². The third-order valence-corrected chi connectivity index (χ3v) is 4.46. The fraction of sp³-hybridized carbons (Fsp3) is 0.600. The van der Waals surface area contributed by atoms with E-state index in [1.54, 1.807) is 0 Å². The topological polar surface area (TPSA) is 65.9 Å². The SMILES string of the molecule is Cc1cc(N2C[C@H](C3CC3)[C@@H](N)C2)nc(C)c1C#N. The first kappa shape index (κ1) is 12.4. The van der Waals surface area contributed by atoms with Gasteiger partial charge in [-0.3, -0.25) is 0 Å². The van der Waals surface area contributed by atoms with E-state index in [2.05, 4.69) is 16.0 Å². The number of nitrogens with zero attached hydrogens (tertiary/aromatic N) is 3. The Kier molecular flexibility index (Phi) is 2.94. The first-order valence-electron chi connectivity index (χ1n) is 6.99. The fourth-order valence-electron chi connectivity index (χ4n) is 3.21. The molecule has 0 aromatic carbocycles. The van der Waals surface area contributed by atoms with Crippen molar-refractivity contribution in [2.75, 3.05) is 18.0 Å². The highest BCUT2D eigenvalue weighted by molar-refractivity contribution is 5.51. The number of nitrogens with two attached hydrogens (primary N) is 1. The van der Waals surface area contributed by atoms with Crippen LogP contribution in [0.5, 0.6) is 0 Å². The average Bonchev–Trinajstić information content (AvgIpc) is 3.12. The first-order chi connectivity index (χ1) is 9.10. The molecule has 0 unspecified atom stereocenters. The molecule has 3 rings (SSSR count). The molecule has 2 aliphatic rings. The zero-order valence-electron chi connectivity index (χ0n) is 11.6. The molecular formula is C15H20N4. The summed E-state index contributed by atoms with van der Waals surface area (Å²) in [4.78, 5) is 6.87. The van der Waals surface area contributed by atoms with Crippen LogP contribution >= 0.6 is 0 Å². The maximum absolute atomic E-state index is 9.10. The summed E-state index contributed by atoms with van der Waals surface area (Å²) in [5.41, 5.74) is 8.79. The minimum absolute atomic E-state index is 0.269. The van der Waals surface area contributed by atoms with Gasteiger partial charge in [0.15, 0.2) is 0 Å². The van der Waals surface area contributed by atoms with Crippen LogP contribution in [0.2, 0.25) is 0 Å². The molecule has 2 atom stereocenters. The van der Waals surface area contributed by atoms with Crippen molar-refractivity contribution in [1.29, 1.82) is 5.26 Å². The molecule has 2 N–H and O–H groups in total. The van der Waals surface area contributed by atoms with Crippen molar-refractivity contribution in [2.45, 2.75) is 32.7 Å². The van der Waals surface area contributed by atoms with Crippen molar-refractivity contribution in [1.82, 2.24) is 4.98 Å². The monoisotopic (exact) mass is 256 g/mol. The number of rotatable bonds is 2. The summed E-state index contributed by atoms with van der Waals surface area (Å²) < 4.78 is 0. The molecule has 1 aromatic rings. The van der Waals surface area contributed by atoms with Crippen LogP contribution in [0.25, 0.3) is 0 Å². The van der Waals surface area contributed by atoms with E-state index in [0.29, 0.717) is 11.5 Å². The van der Waals surface area contributed by atoms with E-state index in [1.165, 1.54) is 12.8 Å². The van der Waals surface area contributed by atoms with Gasteiger partial charge in [0.1, 0.15) is 11.9 Å². The summed E-state index contributed by atoms with van der Waals surface area (Å²) in [6.45, 7) is 5.79. The van der Waals surface area contributed by atoms with E-state index in [4.69, 9.17) is 11.0 Å². The summed E-state index contributed by atoms with van der Waals surface area (Å²) in [5, 5.41) is 9.10. The summed E-state index contributed by atoms with van der Waals surface area (Å²) >= 11 is 0. The zero-order valence-corrected chi connectivity index (χ0v) is 11.6. The molecule has 4 heteroatoms. The van der Waals surface area contributed by atoms with Gasteiger partial charge in [0.2, 0.25) is 0 Å². The Hall–Kier alpha value is -1.60. The normalized spacial score (nSPS) is 26.5. The largest absolute Gasteiger partial charge is 0.355 e. The minimum Gasteiger partial charge on any atom is -0.355 e. The molecule has 2 heterocycles. The highest BCUT2D eigenvalue weighted by atomic mass is 15.2. The van der Waals surface area contributed by atoms with Crippen molar-refractivity contribution >= 4 is 5.82 Å². The second-order valence-electron chi connectivity index (χ2n) is 5.94. The molecular weight excluding hydrogens is 236 g/mol. The Morgan fingerprint density at radius 2 is 2.11 bits per heavy atom. The Morgan fingerprint density at radius 1 is 1.37 bits per heavy atom. The van der Waals surface area contributed by atoms with Gasteiger partial charge in [-0.25, -0.2) is 4.98 Å². The van der Waals surface area contributed by atoms with Crippen molar-refractivity contribution in [3.8, 4) is 6.07 Å². The lowest BCUT2D eigenvalue weighted by Crippen LogP contribution is -2.30. The van der Waals surface area contributed by atoms with Gasteiger partial charge >= 0.3 is 0 Å². The fourth-order valence-corrected chi connectivity index (χ4v) is 3.21. The molecule has 1 saturated heterocycles. The molecule has 0 radical (unpaired) electrons. The maximum Gasteiger partial charge on any atom is 0.129 e. The van der Waals surface area contributed by atoms with Crippen molar-refractivity contribution < 1.29 is 0 Å². The van der Waals surface area contributed by atoms with Gasteiger partial charge in [-0.15, -0.1) is 0 Å². The number of nitriles is 1. The second kappa shape index (κ2) is 4.50. The third-order valence-electron chi connectivity index (χ3n) is 4.46. The number of hydrogen-bond donors (Lipinski definition) is 1. The molecule has 0 spiro atoms. The Bertz CT molecular complexity index is 519. The number of pyridine rings is 1. The van der Waals surface area contributed by atoms with Crippen LogP contribution in [0, 0.1) is 37.0 Å². The molecule has 0 amide bonds. The predicted molar refractivity (Wildman–Crippen MR) is 74.8 cm³/mol. The Labute approximate surface area is 114 Å². The maximum atomic E-state index is 9.10. The zero-order chi connectivity index (χ0) is 13.6. The van der Waals surface area contributed by atoms with Crippen LogP contribution in [0.3, 0.4) is 0 Å². The summed E-state index contributed by atoms with van der Waals surface area (Å²) in [6, 6.07) is 4.51. The molecule has 1 aromatic heterocycles. The standard InChI is InChI=1S/C15H20N4/c1-9-5-15(18-10(2)12(9)6-16)19-7-13(11-3-4-11)14(17)8-19/h5,11,13-14H,3-4,7-8,17H2,1-2H3/t13-,14+/m1/s1. The smallest absolute Gasteiger partial charge is 0.129 e. The first-order valence-corrected chi connectivity index (χ1v) is 6.99. The molecule has 1 aliphatic carbocycles. The van der Waals surface area contributed by atoms with Gasteiger partial charge in [-0.1, -0.05) is 0 Å². The van der Waals surface area contributed by atoms with E-state index >= 15 is 0 Å². The quantitative estimate of drug-likeness (QED) is 0.875. The van der Waals surface area contributed by atoms with E-state index in [1.807, 2.05) is 19.9 Å². The molecule has 19 heavy (non-hydrogen) atoms. The number of anilines is 1. The van der Waals surface area contributed by atoms with Crippen molar-refractivity contribution in [2.24, 2.45) is 17.6 Å². The summed E-state index contributed by atoms with van der Waals surface area (Å²) in [5.74, 6) is 2.44. The van der Waals surface area contributed by atoms with E-state index in [-0.39, 0.29) is 6.04 Å². The minimum atomic E-state index is 0.269. The van der Waals surface area contributed by atoms with Gasteiger partial charge in [-0.2, -0.15) is 5.26 Å². The molecule has 2 fully saturated rings. The van der Waals surface area contributed by atoms with Crippen molar-refractivity contribution in [3.05, 3.63) is 22.9 Å². The van der Waals surface area contributed by atoms with Crippen LogP contribution < -0.4 is 10.6 Å². The van der Waals surface area contributed by atoms with E-state index in [0.717, 1.165) is 36.1 Å². The summed E-state index contributed by atoms with van der Waals surface area (Å²) in [7, 11) is 0. The average molecular weight is 256 g/mol. The van der Waals surface area contributed by atoms with Crippen LogP contribution in [-0.2, 0) is 0 Å². The molecule has 1 aliphatic heterocycles. The second-order valence-corrected chi connectivity index (χ2v) is 5.94.